The fourth-order valence-electron chi connectivity index (χ4n) is 4.49. The third-order valence-corrected chi connectivity index (χ3v) is 6.69. The molecule has 0 unspecified atom stereocenters. The molecule has 1 aliphatic carbocycles. The van der Waals surface area contributed by atoms with Crippen LogP contribution in [0.5, 0.6) is 0 Å². The van der Waals surface area contributed by atoms with Crippen LogP contribution < -0.4 is 10.6 Å². The van der Waals surface area contributed by atoms with Gasteiger partial charge < -0.3 is 20.5 Å². The summed E-state index contributed by atoms with van der Waals surface area (Å²) >= 11 is 0. The van der Waals surface area contributed by atoms with Crippen LogP contribution in [0.2, 0.25) is 0 Å². The van der Waals surface area contributed by atoms with Gasteiger partial charge in [0.2, 0.25) is 5.91 Å². The zero-order valence-electron chi connectivity index (χ0n) is 21.0. The molecule has 3 N–H and O–H groups in total. The number of benzene rings is 2. The van der Waals surface area contributed by atoms with Gasteiger partial charge in [0.25, 0.3) is 0 Å². The quantitative estimate of drug-likeness (QED) is 0.422. The van der Waals surface area contributed by atoms with Crippen molar-refractivity contribution in [3.8, 4) is 11.1 Å². The molecule has 0 saturated carbocycles. The SMILES string of the molecule is CC(C)[C@@H](NC(=O)CCC(C)(C)CCNC(=O)OCC1c2ccccc2-c2ccccc21)C(=O)O. The number of nitrogens with one attached hydrogen (secondary N) is 2. The number of hydrogen-bond acceptors (Lipinski definition) is 4. The lowest BCUT2D eigenvalue weighted by Gasteiger charge is -2.25. The van der Waals surface area contributed by atoms with Crippen molar-refractivity contribution in [3.05, 3.63) is 59.7 Å². The summed E-state index contributed by atoms with van der Waals surface area (Å²) in [5, 5.41) is 14.6. The highest BCUT2D eigenvalue weighted by molar-refractivity contribution is 5.83. The second-order valence-corrected chi connectivity index (χ2v) is 10.3. The maximum Gasteiger partial charge on any atom is 0.407 e. The van der Waals surface area contributed by atoms with Gasteiger partial charge in [-0.05, 0) is 46.4 Å². The Hall–Kier alpha value is -3.35. The average Bonchev–Trinajstić information content (AvgIpc) is 3.13. The van der Waals surface area contributed by atoms with Crippen molar-refractivity contribution in [1.29, 1.82) is 0 Å². The van der Waals surface area contributed by atoms with Crippen LogP contribution in [0, 0.1) is 11.3 Å². The molecule has 0 bridgehead atoms. The summed E-state index contributed by atoms with van der Waals surface area (Å²) in [4.78, 5) is 35.9. The van der Waals surface area contributed by atoms with Crippen LogP contribution in [0.25, 0.3) is 11.1 Å². The summed E-state index contributed by atoms with van der Waals surface area (Å²) < 4.78 is 5.57. The van der Waals surface area contributed by atoms with E-state index in [1.165, 1.54) is 22.3 Å². The van der Waals surface area contributed by atoms with Crippen LogP contribution in [-0.4, -0.2) is 42.3 Å². The van der Waals surface area contributed by atoms with E-state index >= 15 is 0 Å². The Labute approximate surface area is 207 Å². The zero-order chi connectivity index (χ0) is 25.6. The minimum atomic E-state index is -1.03. The molecule has 0 aromatic heterocycles. The summed E-state index contributed by atoms with van der Waals surface area (Å²) in [7, 11) is 0. The lowest BCUT2D eigenvalue weighted by atomic mass is 9.84. The molecule has 0 saturated heterocycles. The van der Waals surface area contributed by atoms with Crippen LogP contribution in [-0.2, 0) is 14.3 Å². The smallest absolute Gasteiger partial charge is 0.407 e. The standard InChI is InChI=1S/C28H36N2O5/c1-18(2)25(26(32)33)30-24(31)13-14-28(3,4)15-16-29-27(34)35-17-23-21-11-7-5-9-19(21)20-10-6-8-12-22(20)23/h5-12,18,23,25H,13-17H2,1-4H3,(H,29,34)(H,30,31)(H,32,33)/t25-/m1/s1. The van der Waals surface area contributed by atoms with Gasteiger partial charge in [0.15, 0.2) is 0 Å². The first-order valence-corrected chi connectivity index (χ1v) is 12.2. The van der Waals surface area contributed by atoms with E-state index in [0.29, 0.717) is 19.4 Å². The molecular weight excluding hydrogens is 444 g/mol. The first-order chi connectivity index (χ1) is 16.6. The van der Waals surface area contributed by atoms with Crippen molar-refractivity contribution >= 4 is 18.0 Å². The normalized spacial score (nSPS) is 13.6. The van der Waals surface area contributed by atoms with Crippen molar-refractivity contribution in [3.63, 3.8) is 0 Å². The Morgan fingerprint density at radius 1 is 0.971 bits per heavy atom. The number of hydrogen-bond donors (Lipinski definition) is 3. The zero-order valence-corrected chi connectivity index (χ0v) is 21.0. The monoisotopic (exact) mass is 480 g/mol. The largest absolute Gasteiger partial charge is 0.480 e. The minimum absolute atomic E-state index is 0.0172. The molecule has 2 amide bonds. The number of rotatable bonds is 11. The predicted molar refractivity (Wildman–Crippen MR) is 135 cm³/mol. The number of fused-ring (bicyclic) bond motifs is 3. The number of carbonyl (C=O) groups is 3. The molecule has 2 aromatic rings. The highest BCUT2D eigenvalue weighted by atomic mass is 16.5. The molecular formula is C28H36N2O5. The Morgan fingerprint density at radius 2 is 1.54 bits per heavy atom. The molecule has 0 spiro atoms. The number of aliphatic carboxylic acids is 1. The summed E-state index contributed by atoms with van der Waals surface area (Å²) in [5.41, 5.74) is 4.51. The number of amides is 2. The topological polar surface area (TPSA) is 105 Å². The highest BCUT2D eigenvalue weighted by Gasteiger charge is 2.29. The number of carboxylic acids is 1. The van der Waals surface area contributed by atoms with Gasteiger partial charge in [0, 0.05) is 18.9 Å². The van der Waals surface area contributed by atoms with E-state index in [9.17, 15) is 19.5 Å². The highest BCUT2D eigenvalue weighted by Crippen LogP contribution is 2.44. The van der Waals surface area contributed by atoms with Gasteiger partial charge in [-0.2, -0.15) is 0 Å². The number of carbonyl (C=O) groups excluding carboxylic acids is 2. The van der Waals surface area contributed by atoms with Gasteiger partial charge in [-0.25, -0.2) is 9.59 Å². The van der Waals surface area contributed by atoms with Gasteiger partial charge in [0.05, 0.1) is 0 Å². The van der Waals surface area contributed by atoms with Crippen LogP contribution in [0.4, 0.5) is 4.79 Å². The third-order valence-electron chi connectivity index (χ3n) is 6.69. The Morgan fingerprint density at radius 3 is 2.09 bits per heavy atom. The predicted octanol–water partition coefficient (Wildman–Crippen LogP) is 4.95. The maximum atomic E-state index is 12.4. The minimum Gasteiger partial charge on any atom is -0.480 e. The van der Waals surface area contributed by atoms with Crippen molar-refractivity contribution in [1.82, 2.24) is 10.6 Å². The van der Waals surface area contributed by atoms with Gasteiger partial charge in [-0.15, -0.1) is 0 Å². The van der Waals surface area contributed by atoms with E-state index in [0.717, 1.165) is 0 Å². The van der Waals surface area contributed by atoms with E-state index in [2.05, 4.69) is 34.9 Å². The molecule has 0 fully saturated rings. The molecule has 3 rings (SSSR count). The fraction of sp³-hybridized carbons (Fsp3) is 0.464. The van der Waals surface area contributed by atoms with E-state index in [4.69, 9.17) is 4.74 Å². The van der Waals surface area contributed by atoms with Crippen molar-refractivity contribution in [2.45, 2.75) is 58.9 Å². The number of carboxylic acid groups (broad SMARTS) is 1. The van der Waals surface area contributed by atoms with Gasteiger partial charge in [-0.1, -0.05) is 76.2 Å². The lowest BCUT2D eigenvalue weighted by molar-refractivity contribution is -0.143. The second-order valence-electron chi connectivity index (χ2n) is 10.3. The van der Waals surface area contributed by atoms with Crippen molar-refractivity contribution in [2.24, 2.45) is 11.3 Å². The van der Waals surface area contributed by atoms with E-state index in [1.54, 1.807) is 13.8 Å². The molecule has 188 valence electrons. The lowest BCUT2D eigenvalue weighted by Crippen LogP contribution is -2.44. The summed E-state index contributed by atoms with van der Waals surface area (Å²) in [6, 6.07) is 15.5. The molecule has 1 aliphatic rings. The van der Waals surface area contributed by atoms with Crippen molar-refractivity contribution < 1.29 is 24.2 Å². The number of ether oxygens (including phenoxy) is 1. The molecule has 0 aliphatic heterocycles. The van der Waals surface area contributed by atoms with E-state index < -0.39 is 18.1 Å². The Kier molecular flexibility index (Phi) is 8.54. The number of alkyl carbamates (subject to hydrolysis) is 1. The summed E-state index contributed by atoms with van der Waals surface area (Å²) in [6.45, 7) is 8.27. The fourth-order valence-corrected chi connectivity index (χ4v) is 4.49. The van der Waals surface area contributed by atoms with Crippen LogP contribution >= 0.6 is 0 Å². The van der Waals surface area contributed by atoms with Gasteiger partial charge >= 0.3 is 12.1 Å². The summed E-state index contributed by atoms with van der Waals surface area (Å²) in [6.07, 6.45) is 1.02. The molecule has 0 heterocycles. The molecule has 2 aromatic carbocycles. The molecule has 1 atom stereocenters. The average molecular weight is 481 g/mol. The van der Waals surface area contributed by atoms with Crippen LogP contribution in [0.1, 0.15) is 64.0 Å². The second kappa shape index (κ2) is 11.4. The molecule has 35 heavy (non-hydrogen) atoms. The molecule has 7 nitrogen and oxygen atoms in total. The maximum absolute atomic E-state index is 12.4. The van der Waals surface area contributed by atoms with E-state index in [-0.39, 0.29) is 36.2 Å². The van der Waals surface area contributed by atoms with Gasteiger partial charge in [-0.3, -0.25) is 4.79 Å². The molecule has 7 heteroatoms. The Balaban J connectivity index is 1.42. The first kappa shape index (κ1) is 26.3. The van der Waals surface area contributed by atoms with Crippen LogP contribution in [0.15, 0.2) is 48.5 Å². The van der Waals surface area contributed by atoms with Gasteiger partial charge in [0.1, 0.15) is 12.6 Å². The van der Waals surface area contributed by atoms with Crippen LogP contribution in [0.3, 0.4) is 0 Å². The Bertz CT molecular complexity index is 1020. The molecule has 0 radical (unpaired) electrons. The first-order valence-electron chi connectivity index (χ1n) is 12.2. The van der Waals surface area contributed by atoms with Crippen molar-refractivity contribution in [2.75, 3.05) is 13.2 Å². The van der Waals surface area contributed by atoms with E-state index in [1.807, 2.05) is 38.1 Å². The third kappa shape index (κ3) is 6.84. The summed E-state index contributed by atoms with van der Waals surface area (Å²) in [5.74, 6) is -1.47.